The largest absolute Gasteiger partial charge is 0.207 e. The number of halogens is 1. The van der Waals surface area contributed by atoms with Crippen molar-refractivity contribution in [2.45, 2.75) is 20.3 Å². The molecule has 1 heteroatoms. The van der Waals surface area contributed by atoms with Crippen LogP contribution in [0, 0.1) is 18.2 Å². The molecule has 1 rings (SSSR count). The van der Waals surface area contributed by atoms with Crippen LogP contribution in [0.25, 0.3) is 0 Å². The summed E-state index contributed by atoms with van der Waals surface area (Å²) in [4.78, 5) is 0. The van der Waals surface area contributed by atoms with E-state index in [1.165, 1.54) is 17.7 Å². The van der Waals surface area contributed by atoms with E-state index < -0.39 is 0 Å². The molecule has 0 atom stereocenters. The molecule has 0 aliphatic carbocycles. The lowest BCUT2D eigenvalue weighted by atomic mass is 10.0. The predicted molar refractivity (Wildman–Crippen MR) is 57.5 cm³/mol. The van der Waals surface area contributed by atoms with Crippen LogP contribution in [0.3, 0.4) is 0 Å². The summed E-state index contributed by atoms with van der Waals surface area (Å²) in [7, 11) is 0. The van der Waals surface area contributed by atoms with Crippen molar-refractivity contribution in [2.24, 2.45) is 0 Å². The van der Waals surface area contributed by atoms with Gasteiger partial charge in [-0.3, -0.25) is 0 Å². The zero-order valence-electron chi connectivity index (χ0n) is 8.47. The Morgan fingerprint density at radius 2 is 2.21 bits per heavy atom. The van der Waals surface area contributed by atoms with Crippen LogP contribution in [-0.2, 0) is 6.42 Å². The average Bonchev–Trinajstić information content (AvgIpc) is 2.15. The second-order valence-electron chi connectivity index (χ2n) is 3.43. The molecule has 0 aromatic heterocycles. The van der Waals surface area contributed by atoms with Gasteiger partial charge in [-0.15, -0.1) is 6.42 Å². The third-order valence-electron chi connectivity index (χ3n) is 1.95. The zero-order chi connectivity index (χ0) is 10.6. The van der Waals surface area contributed by atoms with Crippen LogP contribution in [0.2, 0.25) is 0 Å². The van der Waals surface area contributed by atoms with Gasteiger partial charge < -0.3 is 0 Å². The van der Waals surface area contributed by atoms with Gasteiger partial charge in [-0.25, -0.2) is 4.39 Å². The molecule has 0 aliphatic heterocycles. The van der Waals surface area contributed by atoms with E-state index in [4.69, 9.17) is 6.42 Å². The van der Waals surface area contributed by atoms with Crippen molar-refractivity contribution in [1.82, 2.24) is 0 Å². The Morgan fingerprint density at radius 1 is 1.50 bits per heavy atom. The van der Waals surface area contributed by atoms with Crippen molar-refractivity contribution in [3.05, 3.63) is 46.8 Å². The van der Waals surface area contributed by atoms with Crippen LogP contribution in [0.4, 0.5) is 4.39 Å². The summed E-state index contributed by atoms with van der Waals surface area (Å²) in [6, 6.07) is 4.53. The molecule has 0 fully saturated rings. The van der Waals surface area contributed by atoms with E-state index in [0.717, 1.165) is 11.1 Å². The first kappa shape index (κ1) is 10.5. The minimum absolute atomic E-state index is 0.235. The number of terminal acetylenes is 1. The van der Waals surface area contributed by atoms with Gasteiger partial charge in [0.15, 0.2) is 0 Å². The molecule has 0 nitrogen and oxygen atoms in total. The molecule has 1 aromatic rings. The number of rotatable bonds is 2. The molecule has 0 amide bonds. The Kier molecular flexibility index (Phi) is 3.48. The van der Waals surface area contributed by atoms with Crippen LogP contribution in [-0.4, -0.2) is 0 Å². The molecule has 0 saturated carbocycles. The van der Waals surface area contributed by atoms with Crippen LogP contribution in [0.5, 0.6) is 0 Å². The minimum Gasteiger partial charge on any atom is -0.207 e. The van der Waals surface area contributed by atoms with Gasteiger partial charge >= 0.3 is 0 Å². The molecule has 0 bridgehead atoms. The van der Waals surface area contributed by atoms with E-state index in [0.29, 0.717) is 6.42 Å². The van der Waals surface area contributed by atoms with Crippen molar-refractivity contribution in [1.29, 1.82) is 0 Å². The quantitative estimate of drug-likeness (QED) is 0.493. The molecule has 72 valence electrons. The Balaban J connectivity index is 3.01. The maximum atomic E-state index is 12.9. The second kappa shape index (κ2) is 4.62. The van der Waals surface area contributed by atoms with Gasteiger partial charge in [-0.05, 0) is 44.0 Å². The van der Waals surface area contributed by atoms with Gasteiger partial charge in [0.2, 0.25) is 0 Å². The third-order valence-corrected chi connectivity index (χ3v) is 1.95. The summed E-state index contributed by atoms with van der Waals surface area (Å²) in [5.41, 5.74) is 2.84. The highest BCUT2D eigenvalue weighted by Crippen LogP contribution is 2.12. The van der Waals surface area contributed by atoms with Crippen molar-refractivity contribution in [3.8, 4) is 12.3 Å². The standard InChI is InChI=1S/C13H13F/c1-4-11-7-8-13(14)9-12(11)6-5-10(2)3/h1,5,7-9H,6H2,2-3H3. The van der Waals surface area contributed by atoms with Crippen LogP contribution in [0.1, 0.15) is 25.0 Å². The normalized spacial score (nSPS) is 9.29. The lowest BCUT2D eigenvalue weighted by Crippen LogP contribution is -1.90. The fraction of sp³-hybridized carbons (Fsp3) is 0.231. The van der Waals surface area contributed by atoms with Gasteiger partial charge in [-0.2, -0.15) is 0 Å². The summed E-state index contributed by atoms with van der Waals surface area (Å²) >= 11 is 0. The predicted octanol–water partition coefficient (Wildman–Crippen LogP) is 3.32. The van der Waals surface area contributed by atoms with E-state index in [9.17, 15) is 4.39 Å². The molecule has 1 aromatic carbocycles. The van der Waals surface area contributed by atoms with E-state index in [1.54, 1.807) is 6.07 Å². The molecule has 0 aliphatic rings. The molecule has 0 spiro atoms. The molecule has 14 heavy (non-hydrogen) atoms. The van der Waals surface area contributed by atoms with Gasteiger partial charge in [0.1, 0.15) is 5.82 Å². The molecule has 0 saturated heterocycles. The highest BCUT2D eigenvalue weighted by Gasteiger charge is 2.00. The number of benzene rings is 1. The van der Waals surface area contributed by atoms with E-state index >= 15 is 0 Å². The Morgan fingerprint density at radius 3 is 2.79 bits per heavy atom. The van der Waals surface area contributed by atoms with Crippen molar-refractivity contribution in [3.63, 3.8) is 0 Å². The Labute approximate surface area is 84.5 Å². The molecule has 0 unspecified atom stereocenters. The monoisotopic (exact) mass is 188 g/mol. The molecule has 0 N–H and O–H groups in total. The fourth-order valence-corrected chi connectivity index (χ4v) is 1.19. The number of hydrogen-bond donors (Lipinski definition) is 0. The minimum atomic E-state index is -0.235. The summed E-state index contributed by atoms with van der Waals surface area (Å²) in [6.07, 6.45) is 8.05. The number of hydrogen-bond acceptors (Lipinski definition) is 0. The van der Waals surface area contributed by atoms with Gasteiger partial charge in [0.25, 0.3) is 0 Å². The smallest absolute Gasteiger partial charge is 0.123 e. The highest BCUT2D eigenvalue weighted by atomic mass is 19.1. The Hall–Kier alpha value is -1.55. The average molecular weight is 188 g/mol. The SMILES string of the molecule is C#Cc1ccc(F)cc1CC=C(C)C. The lowest BCUT2D eigenvalue weighted by molar-refractivity contribution is 0.626. The topological polar surface area (TPSA) is 0 Å². The molecular formula is C13H13F. The lowest BCUT2D eigenvalue weighted by Gasteiger charge is -2.01. The van der Waals surface area contributed by atoms with Crippen LogP contribution >= 0.6 is 0 Å². The van der Waals surface area contributed by atoms with E-state index in [1.807, 2.05) is 19.9 Å². The maximum Gasteiger partial charge on any atom is 0.123 e. The van der Waals surface area contributed by atoms with Crippen LogP contribution < -0.4 is 0 Å². The first-order valence-corrected chi connectivity index (χ1v) is 4.52. The van der Waals surface area contributed by atoms with Crippen molar-refractivity contribution in [2.75, 3.05) is 0 Å². The first-order valence-electron chi connectivity index (χ1n) is 4.52. The second-order valence-corrected chi connectivity index (χ2v) is 3.43. The van der Waals surface area contributed by atoms with Gasteiger partial charge in [-0.1, -0.05) is 17.6 Å². The van der Waals surface area contributed by atoms with Crippen LogP contribution in [0.15, 0.2) is 29.8 Å². The number of allylic oxidation sites excluding steroid dienone is 2. The zero-order valence-corrected chi connectivity index (χ0v) is 8.47. The van der Waals surface area contributed by atoms with E-state index in [-0.39, 0.29) is 5.82 Å². The van der Waals surface area contributed by atoms with Gasteiger partial charge in [0, 0.05) is 5.56 Å². The Bertz CT molecular complexity index is 390. The first-order chi connectivity index (χ1) is 6.63. The summed E-state index contributed by atoms with van der Waals surface area (Å²) < 4.78 is 12.9. The molecule has 0 radical (unpaired) electrons. The summed E-state index contributed by atoms with van der Waals surface area (Å²) in [5, 5.41) is 0. The molecular weight excluding hydrogens is 175 g/mol. The molecule has 0 heterocycles. The summed E-state index contributed by atoms with van der Waals surface area (Å²) in [6.45, 7) is 4.02. The summed E-state index contributed by atoms with van der Waals surface area (Å²) in [5.74, 6) is 2.32. The van der Waals surface area contributed by atoms with E-state index in [2.05, 4.69) is 5.92 Å². The third kappa shape index (κ3) is 2.74. The van der Waals surface area contributed by atoms with Crippen molar-refractivity contribution < 1.29 is 4.39 Å². The maximum absolute atomic E-state index is 12.9. The van der Waals surface area contributed by atoms with Gasteiger partial charge in [0.05, 0.1) is 0 Å². The fourth-order valence-electron chi connectivity index (χ4n) is 1.19. The highest BCUT2D eigenvalue weighted by molar-refractivity contribution is 5.41. The van der Waals surface area contributed by atoms with Crippen molar-refractivity contribution >= 4 is 0 Å².